The van der Waals surface area contributed by atoms with Gasteiger partial charge < -0.3 is 10.2 Å². The van der Waals surface area contributed by atoms with Crippen molar-refractivity contribution in [1.82, 2.24) is 10.2 Å². The average molecular weight is 268 g/mol. The number of amides is 2. The molecule has 1 aliphatic heterocycles. The fourth-order valence-corrected chi connectivity index (χ4v) is 2.76. The van der Waals surface area contributed by atoms with Gasteiger partial charge in [0.25, 0.3) is 0 Å². The number of rotatable bonds is 5. The number of nitrogens with one attached hydrogen (secondary N) is 1. The minimum absolute atomic E-state index is 0.00847. The fourth-order valence-electron chi connectivity index (χ4n) is 2.76. The van der Waals surface area contributed by atoms with E-state index in [-0.39, 0.29) is 11.8 Å². The number of carbonyl (C=O) groups is 2. The summed E-state index contributed by atoms with van der Waals surface area (Å²) >= 11 is 0. The van der Waals surface area contributed by atoms with Crippen LogP contribution < -0.4 is 5.32 Å². The van der Waals surface area contributed by atoms with Crippen LogP contribution >= 0.6 is 0 Å². The predicted molar refractivity (Wildman–Crippen MR) is 76.7 cm³/mol. The zero-order valence-electron chi connectivity index (χ0n) is 13.2. The molecule has 0 radical (unpaired) electrons. The van der Waals surface area contributed by atoms with Gasteiger partial charge in [-0.15, -0.1) is 0 Å². The molecule has 0 aromatic rings. The zero-order valence-corrected chi connectivity index (χ0v) is 13.2. The molecule has 1 N–H and O–H groups in total. The van der Waals surface area contributed by atoms with E-state index < -0.39 is 11.1 Å². The normalized spacial score (nSPS) is 21.7. The molecule has 0 unspecified atom stereocenters. The number of piperazine rings is 1. The minimum Gasteiger partial charge on any atom is -0.340 e. The second-order valence-corrected chi connectivity index (χ2v) is 6.46. The molecule has 1 fully saturated rings. The lowest BCUT2D eigenvalue weighted by atomic mass is 9.82. The summed E-state index contributed by atoms with van der Waals surface area (Å²) < 4.78 is 0. The molecule has 2 amide bonds. The second-order valence-electron chi connectivity index (χ2n) is 6.46. The Labute approximate surface area is 116 Å². The first-order chi connectivity index (χ1) is 8.71. The molecule has 4 nitrogen and oxygen atoms in total. The Balaban J connectivity index is 3.12. The van der Waals surface area contributed by atoms with Gasteiger partial charge in [0, 0.05) is 6.54 Å². The smallest absolute Gasteiger partial charge is 0.248 e. The molecule has 1 aliphatic rings. The molecule has 0 aromatic heterocycles. The Morgan fingerprint density at radius 1 is 1.16 bits per heavy atom. The first-order valence-electron chi connectivity index (χ1n) is 7.36. The lowest BCUT2D eigenvalue weighted by Crippen LogP contribution is -2.74. The molecule has 1 saturated heterocycles. The van der Waals surface area contributed by atoms with E-state index in [2.05, 4.69) is 19.2 Å². The Bertz CT molecular complexity index is 357. The molecule has 19 heavy (non-hydrogen) atoms. The largest absolute Gasteiger partial charge is 0.340 e. The van der Waals surface area contributed by atoms with E-state index in [1.807, 2.05) is 18.7 Å². The maximum atomic E-state index is 12.6. The highest BCUT2D eigenvalue weighted by atomic mass is 16.2. The number of carbonyl (C=O) groups excluding carboxylic acids is 2. The highest BCUT2D eigenvalue weighted by Crippen LogP contribution is 2.32. The van der Waals surface area contributed by atoms with Crippen LogP contribution in [-0.4, -0.2) is 34.3 Å². The average Bonchev–Trinajstić information content (AvgIpc) is 2.31. The third kappa shape index (κ3) is 2.77. The van der Waals surface area contributed by atoms with Gasteiger partial charge in [-0.3, -0.25) is 9.59 Å². The summed E-state index contributed by atoms with van der Waals surface area (Å²) in [5.41, 5.74) is -1.45. The van der Waals surface area contributed by atoms with Gasteiger partial charge in [0.05, 0.1) is 0 Å². The van der Waals surface area contributed by atoms with Crippen LogP contribution in [0.4, 0.5) is 0 Å². The molecule has 0 saturated carbocycles. The van der Waals surface area contributed by atoms with E-state index in [1.54, 1.807) is 13.8 Å². The van der Waals surface area contributed by atoms with Crippen LogP contribution in [0.3, 0.4) is 0 Å². The second kappa shape index (κ2) is 5.51. The van der Waals surface area contributed by atoms with Gasteiger partial charge in [-0.05, 0) is 39.0 Å². The fraction of sp³-hybridized carbons (Fsp3) is 0.867. The van der Waals surface area contributed by atoms with Crippen molar-refractivity contribution >= 4 is 11.8 Å². The molecular weight excluding hydrogens is 240 g/mol. The van der Waals surface area contributed by atoms with Crippen molar-refractivity contribution in [1.29, 1.82) is 0 Å². The van der Waals surface area contributed by atoms with Crippen molar-refractivity contribution < 1.29 is 9.59 Å². The molecule has 4 heteroatoms. The molecule has 0 aliphatic carbocycles. The van der Waals surface area contributed by atoms with Gasteiger partial charge in [-0.2, -0.15) is 0 Å². The monoisotopic (exact) mass is 268 g/mol. The van der Waals surface area contributed by atoms with Crippen molar-refractivity contribution in [2.45, 2.75) is 71.9 Å². The van der Waals surface area contributed by atoms with Crippen molar-refractivity contribution in [2.75, 3.05) is 6.54 Å². The highest BCUT2D eigenvalue weighted by Gasteiger charge is 2.53. The van der Waals surface area contributed by atoms with E-state index in [0.717, 1.165) is 6.42 Å². The van der Waals surface area contributed by atoms with Crippen molar-refractivity contribution in [3.05, 3.63) is 0 Å². The predicted octanol–water partition coefficient (Wildman–Crippen LogP) is 2.33. The zero-order chi connectivity index (χ0) is 14.8. The Morgan fingerprint density at radius 3 is 2.11 bits per heavy atom. The van der Waals surface area contributed by atoms with Crippen molar-refractivity contribution in [3.8, 4) is 0 Å². The molecule has 0 bridgehead atoms. The van der Waals surface area contributed by atoms with Crippen molar-refractivity contribution in [3.63, 3.8) is 0 Å². The summed E-state index contributed by atoms with van der Waals surface area (Å²) in [5.74, 6) is 0.551. The molecular formula is C15H28N2O2. The first-order valence-corrected chi connectivity index (χ1v) is 7.36. The molecule has 0 aromatic carbocycles. The van der Waals surface area contributed by atoms with Crippen LogP contribution in [0.2, 0.25) is 0 Å². The van der Waals surface area contributed by atoms with Crippen LogP contribution in [0.5, 0.6) is 0 Å². The minimum atomic E-state index is -0.790. The molecule has 110 valence electrons. The van der Waals surface area contributed by atoms with Crippen LogP contribution in [0.25, 0.3) is 0 Å². The van der Waals surface area contributed by atoms with Gasteiger partial charge in [-0.25, -0.2) is 0 Å². The Kier molecular flexibility index (Phi) is 4.64. The lowest BCUT2D eigenvalue weighted by Gasteiger charge is -2.50. The van der Waals surface area contributed by atoms with Crippen LogP contribution in [-0.2, 0) is 9.59 Å². The topological polar surface area (TPSA) is 49.4 Å². The number of hydrogen-bond donors (Lipinski definition) is 1. The quantitative estimate of drug-likeness (QED) is 0.832. The summed E-state index contributed by atoms with van der Waals surface area (Å²) in [6, 6.07) is 0. The van der Waals surface area contributed by atoms with E-state index in [1.165, 1.54) is 0 Å². The first kappa shape index (κ1) is 16.0. The standard InChI is InChI=1S/C15H28N2O2/c1-7-15(8-2)12(18)16-14(5,6)13(19)17(15)10-9-11(3)4/h11H,7-10H2,1-6H3,(H,16,18). The van der Waals surface area contributed by atoms with E-state index in [4.69, 9.17) is 0 Å². The van der Waals surface area contributed by atoms with E-state index in [0.29, 0.717) is 25.3 Å². The molecule has 1 rings (SSSR count). The van der Waals surface area contributed by atoms with Gasteiger partial charge in [0.1, 0.15) is 11.1 Å². The van der Waals surface area contributed by atoms with Gasteiger partial charge in [0.2, 0.25) is 11.8 Å². The summed E-state index contributed by atoms with van der Waals surface area (Å²) in [6.45, 7) is 12.5. The van der Waals surface area contributed by atoms with Crippen molar-refractivity contribution in [2.24, 2.45) is 5.92 Å². The van der Waals surface area contributed by atoms with E-state index in [9.17, 15) is 9.59 Å². The van der Waals surface area contributed by atoms with Gasteiger partial charge in [-0.1, -0.05) is 27.7 Å². The van der Waals surface area contributed by atoms with Crippen LogP contribution in [0.15, 0.2) is 0 Å². The SMILES string of the molecule is CCC1(CC)C(=O)NC(C)(C)C(=O)N1CCC(C)C. The lowest BCUT2D eigenvalue weighted by molar-refractivity contribution is -0.162. The van der Waals surface area contributed by atoms with Crippen LogP contribution in [0.1, 0.15) is 60.8 Å². The Hall–Kier alpha value is -1.06. The third-order valence-electron chi connectivity index (χ3n) is 4.25. The molecule has 1 heterocycles. The van der Waals surface area contributed by atoms with E-state index >= 15 is 0 Å². The third-order valence-corrected chi connectivity index (χ3v) is 4.25. The molecule has 0 atom stereocenters. The summed E-state index contributed by atoms with van der Waals surface area (Å²) in [7, 11) is 0. The summed E-state index contributed by atoms with van der Waals surface area (Å²) in [6.07, 6.45) is 2.25. The Morgan fingerprint density at radius 2 is 1.68 bits per heavy atom. The van der Waals surface area contributed by atoms with Crippen LogP contribution in [0, 0.1) is 5.92 Å². The summed E-state index contributed by atoms with van der Waals surface area (Å²) in [4.78, 5) is 27.0. The van der Waals surface area contributed by atoms with Gasteiger partial charge in [0.15, 0.2) is 0 Å². The maximum Gasteiger partial charge on any atom is 0.248 e. The molecule has 0 spiro atoms. The number of hydrogen-bond acceptors (Lipinski definition) is 2. The van der Waals surface area contributed by atoms with Gasteiger partial charge >= 0.3 is 0 Å². The summed E-state index contributed by atoms with van der Waals surface area (Å²) in [5, 5.41) is 2.89. The highest BCUT2D eigenvalue weighted by molar-refractivity contribution is 6.01. The maximum absolute atomic E-state index is 12.6. The number of nitrogens with zero attached hydrogens (tertiary/aromatic N) is 1.